The van der Waals surface area contributed by atoms with Crippen molar-refractivity contribution in [1.29, 1.82) is 0 Å². The molecule has 1 aromatic heterocycles. The Morgan fingerprint density at radius 1 is 1.26 bits per heavy atom. The zero-order chi connectivity index (χ0) is 17.3. The van der Waals surface area contributed by atoms with Crippen molar-refractivity contribution in [2.75, 3.05) is 6.54 Å². The van der Waals surface area contributed by atoms with E-state index < -0.39 is 23.6 Å². The summed E-state index contributed by atoms with van der Waals surface area (Å²) in [5, 5.41) is 15.3. The fourth-order valence-electron chi connectivity index (χ4n) is 1.63. The smallest absolute Gasteiger partial charge is 0.389 e. The van der Waals surface area contributed by atoms with E-state index in [1.165, 1.54) is 24.3 Å². The third-order valence-electron chi connectivity index (χ3n) is 2.76. The fraction of sp³-hybridized carbons (Fsp3) is 0.357. The molecule has 2 rings (SSSR count). The van der Waals surface area contributed by atoms with Crippen molar-refractivity contribution in [2.24, 2.45) is 0 Å². The Hall–Kier alpha value is -2.42. The van der Waals surface area contributed by atoms with Gasteiger partial charge in [-0.05, 0) is 26.0 Å². The second kappa shape index (κ2) is 5.99. The average Bonchev–Trinajstić information content (AvgIpc) is 2.94. The molecule has 0 spiro atoms. The number of nitrogens with zero attached hydrogens (tertiary/aromatic N) is 2. The van der Waals surface area contributed by atoms with Crippen LogP contribution in [0.1, 0.15) is 30.1 Å². The summed E-state index contributed by atoms with van der Waals surface area (Å²) in [6.07, 6.45) is -4.71. The second-order valence-corrected chi connectivity index (χ2v) is 5.49. The Bertz CT molecular complexity index is 688. The second-order valence-electron chi connectivity index (χ2n) is 5.49. The number of nitrogens with one attached hydrogen (secondary N) is 1. The molecule has 0 bridgehead atoms. The van der Waals surface area contributed by atoms with Crippen LogP contribution < -0.4 is 5.32 Å². The summed E-state index contributed by atoms with van der Waals surface area (Å²) < 4.78 is 41.3. The minimum Gasteiger partial charge on any atom is -0.389 e. The van der Waals surface area contributed by atoms with Crippen LogP contribution in [-0.4, -0.2) is 33.3 Å². The molecule has 0 saturated carbocycles. The number of hydrogen-bond donors (Lipinski definition) is 2. The number of carbonyl (C=O) groups is 1. The third kappa shape index (κ3) is 4.52. The van der Waals surface area contributed by atoms with Gasteiger partial charge in [-0.3, -0.25) is 4.79 Å². The van der Waals surface area contributed by atoms with Gasteiger partial charge in [0.1, 0.15) is 0 Å². The van der Waals surface area contributed by atoms with Crippen LogP contribution in [0.2, 0.25) is 0 Å². The fourth-order valence-corrected chi connectivity index (χ4v) is 1.63. The number of carbonyl (C=O) groups excluding carboxylic acids is 1. The normalized spacial score (nSPS) is 12.3. The molecule has 0 saturated heterocycles. The number of alkyl halides is 3. The quantitative estimate of drug-likeness (QED) is 0.898. The number of rotatable bonds is 4. The first-order chi connectivity index (χ1) is 10.6. The van der Waals surface area contributed by atoms with Gasteiger partial charge in [0.25, 0.3) is 5.91 Å². The predicted octanol–water partition coefficient (Wildman–Crippen LogP) is 2.26. The van der Waals surface area contributed by atoms with Crippen LogP contribution in [0.15, 0.2) is 28.8 Å². The maximum atomic E-state index is 12.4. The molecule has 23 heavy (non-hydrogen) atoms. The van der Waals surface area contributed by atoms with Crippen molar-refractivity contribution in [2.45, 2.75) is 25.6 Å². The van der Waals surface area contributed by atoms with E-state index in [-0.39, 0.29) is 23.5 Å². The molecular formula is C14H14F3N3O3. The molecule has 9 heteroatoms. The lowest BCUT2D eigenvalue weighted by molar-refractivity contribution is -0.159. The lowest BCUT2D eigenvalue weighted by Gasteiger charge is -2.17. The van der Waals surface area contributed by atoms with Crippen LogP contribution in [0.3, 0.4) is 0 Å². The van der Waals surface area contributed by atoms with E-state index in [2.05, 4.69) is 20.0 Å². The molecule has 0 atom stereocenters. The molecule has 1 aromatic carbocycles. The first kappa shape index (κ1) is 16.9. The van der Waals surface area contributed by atoms with E-state index in [1.54, 1.807) is 13.8 Å². The van der Waals surface area contributed by atoms with Gasteiger partial charge in [0, 0.05) is 17.7 Å². The molecule has 2 N–H and O–H groups in total. The first-order valence-corrected chi connectivity index (χ1v) is 6.58. The summed E-state index contributed by atoms with van der Waals surface area (Å²) in [7, 11) is 0. The maximum Gasteiger partial charge on any atom is 0.471 e. The number of aliphatic hydroxyl groups is 1. The topological polar surface area (TPSA) is 88.2 Å². The van der Waals surface area contributed by atoms with Gasteiger partial charge >= 0.3 is 12.1 Å². The van der Waals surface area contributed by atoms with Gasteiger partial charge in [-0.1, -0.05) is 17.3 Å². The third-order valence-corrected chi connectivity index (χ3v) is 2.76. The van der Waals surface area contributed by atoms with Gasteiger partial charge in [-0.25, -0.2) is 0 Å². The lowest BCUT2D eigenvalue weighted by atomic mass is 10.1. The van der Waals surface area contributed by atoms with Crippen molar-refractivity contribution in [3.63, 3.8) is 0 Å². The highest BCUT2D eigenvalue weighted by Gasteiger charge is 2.38. The molecule has 0 aliphatic carbocycles. The van der Waals surface area contributed by atoms with Gasteiger partial charge in [-0.15, -0.1) is 0 Å². The minimum atomic E-state index is -4.71. The molecule has 0 aliphatic heterocycles. The predicted molar refractivity (Wildman–Crippen MR) is 73.4 cm³/mol. The summed E-state index contributed by atoms with van der Waals surface area (Å²) in [5.41, 5.74) is -0.477. The van der Waals surface area contributed by atoms with E-state index in [4.69, 9.17) is 0 Å². The zero-order valence-corrected chi connectivity index (χ0v) is 12.3. The highest BCUT2D eigenvalue weighted by molar-refractivity contribution is 5.94. The van der Waals surface area contributed by atoms with Crippen LogP contribution in [0.25, 0.3) is 11.4 Å². The summed E-state index contributed by atoms with van der Waals surface area (Å²) in [6, 6.07) is 5.64. The molecule has 1 amide bonds. The average molecular weight is 329 g/mol. The number of benzene rings is 1. The molecule has 0 aliphatic rings. The molecule has 124 valence electrons. The van der Waals surface area contributed by atoms with Gasteiger partial charge in [-0.2, -0.15) is 18.2 Å². The Morgan fingerprint density at radius 2 is 1.87 bits per heavy atom. The summed E-state index contributed by atoms with van der Waals surface area (Å²) in [4.78, 5) is 15.1. The van der Waals surface area contributed by atoms with Crippen LogP contribution >= 0.6 is 0 Å². The van der Waals surface area contributed by atoms with Gasteiger partial charge in [0.2, 0.25) is 5.82 Å². The molecule has 1 heterocycles. The molecule has 0 fully saturated rings. The largest absolute Gasteiger partial charge is 0.471 e. The van der Waals surface area contributed by atoms with Crippen LogP contribution in [0, 0.1) is 0 Å². The van der Waals surface area contributed by atoms with Gasteiger partial charge < -0.3 is 14.9 Å². The lowest BCUT2D eigenvalue weighted by Crippen LogP contribution is -2.38. The molecule has 0 unspecified atom stereocenters. The summed E-state index contributed by atoms with van der Waals surface area (Å²) in [5.74, 6) is -2.07. The molecular weight excluding hydrogens is 315 g/mol. The van der Waals surface area contributed by atoms with Crippen molar-refractivity contribution < 1.29 is 27.6 Å². The van der Waals surface area contributed by atoms with E-state index in [1.807, 2.05) is 0 Å². The zero-order valence-electron chi connectivity index (χ0n) is 12.3. The SMILES string of the molecule is CC(C)(O)CNC(=O)c1ccc(-c2noc(C(F)(F)F)n2)cc1. The van der Waals surface area contributed by atoms with E-state index in [0.717, 1.165) is 0 Å². The van der Waals surface area contributed by atoms with Crippen LogP contribution in [0.4, 0.5) is 13.2 Å². The van der Waals surface area contributed by atoms with Crippen LogP contribution in [-0.2, 0) is 6.18 Å². The van der Waals surface area contributed by atoms with E-state index in [0.29, 0.717) is 0 Å². The standard InChI is InChI=1S/C14H14F3N3O3/c1-13(2,22)7-18-11(21)9-5-3-8(4-6-9)10-19-12(23-20-10)14(15,16)17/h3-6,22H,7H2,1-2H3,(H,18,21). The van der Waals surface area contributed by atoms with Crippen LogP contribution in [0.5, 0.6) is 0 Å². The number of aromatic nitrogens is 2. The Morgan fingerprint density at radius 3 is 2.35 bits per heavy atom. The van der Waals surface area contributed by atoms with Crippen molar-refractivity contribution >= 4 is 5.91 Å². The van der Waals surface area contributed by atoms with E-state index >= 15 is 0 Å². The van der Waals surface area contributed by atoms with Gasteiger partial charge in [0.15, 0.2) is 0 Å². The first-order valence-electron chi connectivity index (χ1n) is 6.58. The Kier molecular flexibility index (Phi) is 4.42. The summed E-state index contributed by atoms with van der Waals surface area (Å²) >= 11 is 0. The van der Waals surface area contributed by atoms with Crippen molar-refractivity contribution in [3.8, 4) is 11.4 Å². The maximum absolute atomic E-state index is 12.4. The Labute approximate surface area is 129 Å². The molecule has 0 radical (unpaired) electrons. The van der Waals surface area contributed by atoms with E-state index in [9.17, 15) is 23.1 Å². The van der Waals surface area contributed by atoms with Gasteiger partial charge in [0.05, 0.1) is 5.60 Å². The monoisotopic (exact) mass is 329 g/mol. The number of halogens is 3. The summed E-state index contributed by atoms with van der Waals surface area (Å²) in [6.45, 7) is 3.16. The highest BCUT2D eigenvalue weighted by Crippen LogP contribution is 2.29. The highest BCUT2D eigenvalue weighted by atomic mass is 19.4. The number of amides is 1. The molecule has 2 aromatic rings. The van der Waals surface area contributed by atoms with Crippen molar-refractivity contribution in [1.82, 2.24) is 15.5 Å². The van der Waals surface area contributed by atoms with Crippen molar-refractivity contribution in [3.05, 3.63) is 35.7 Å². The Balaban J connectivity index is 2.10. The minimum absolute atomic E-state index is 0.0629. The number of hydrogen-bond acceptors (Lipinski definition) is 5. The molecule has 6 nitrogen and oxygen atoms in total.